The van der Waals surface area contributed by atoms with Crippen molar-refractivity contribution < 1.29 is 8.42 Å². The fourth-order valence-corrected chi connectivity index (χ4v) is 4.27. The molecule has 0 aliphatic heterocycles. The zero-order valence-corrected chi connectivity index (χ0v) is 14.5. The third-order valence-corrected chi connectivity index (χ3v) is 6.09. The summed E-state index contributed by atoms with van der Waals surface area (Å²) in [5.74, 6) is 0.420. The van der Waals surface area contributed by atoms with Crippen LogP contribution in [0, 0.1) is 18.3 Å². The quantitative estimate of drug-likeness (QED) is 0.843. The van der Waals surface area contributed by atoms with E-state index in [2.05, 4.69) is 23.9 Å². The maximum absolute atomic E-state index is 12.5. The van der Waals surface area contributed by atoms with Crippen molar-refractivity contribution in [1.29, 1.82) is 0 Å². The first-order valence-electron chi connectivity index (χ1n) is 7.10. The minimum atomic E-state index is -3.52. The minimum absolute atomic E-state index is 0.253. The highest BCUT2D eigenvalue weighted by atomic mass is 35.5. The highest BCUT2D eigenvalue weighted by molar-refractivity contribution is 7.89. The van der Waals surface area contributed by atoms with E-state index in [1.165, 1.54) is 6.07 Å². The monoisotopic (exact) mass is 330 g/mol. The summed E-state index contributed by atoms with van der Waals surface area (Å²) in [6.45, 7) is 7.20. The Morgan fingerprint density at radius 2 is 2.00 bits per heavy atom. The van der Waals surface area contributed by atoms with Crippen LogP contribution < -0.4 is 10.0 Å². The lowest BCUT2D eigenvalue weighted by Gasteiger charge is -2.14. The van der Waals surface area contributed by atoms with Gasteiger partial charge in [0.25, 0.3) is 0 Å². The zero-order valence-electron chi connectivity index (χ0n) is 13.0. The van der Waals surface area contributed by atoms with E-state index in [-0.39, 0.29) is 10.3 Å². The first-order chi connectivity index (χ1) is 9.67. The van der Waals surface area contributed by atoms with Gasteiger partial charge in [-0.1, -0.05) is 25.4 Å². The van der Waals surface area contributed by atoms with Crippen molar-refractivity contribution in [2.24, 2.45) is 11.3 Å². The predicted molar refractivity (Wildman–Crippen MR) is 86.0 cm³/mol. The summed E-state index contributed by atoms with van der Waals surface area (Å²) in [5.41, 5.74) is 1.90. The van der Waals surface area contributed by atoms with Crippen molar-refractivity contribution in [2.45, 2.75) is 38.6 Å². The van der Waals surface area contributed by atoms with Gasteiger partial charge < -0.3 is 5.32 Å². The zero-order chi connectivity index (χ0) is 15.8. The Labute approximate surface area is 132 Å². The van der Waals surface area contributed by atoms with Gasteiger partial charge in [0.1, 0.15) is 0 Å². The number of benzene rings is 1. The minimum Gasteiger partial charge on any atom is -0.316 e. The summed E-state index contributed by atoms with van der Waals surface area (Å²) in [5, 5.41) is 3.47. The van der Waals surface area contributed by atoms with E-state index in [9.17, 15) is 8.42 Å². The molecule has 1 aromatic carbocycles. The molecule has 1 aliphatic rings. The number of sulfonamides is 1. The van der Waals surface area contributed by atoms with Gasteiger partial charge in [-0.3, -0.25) is 0 Å². The van der Waals surface area contributed by atoms with Crippen LogP contribution in [0.1, 0.15) is 31.4 Å². The maximum Gasteiger partial charge on any atom is 0.240 e. The van der Waals surface area contributed by atoms with E-state index in [0.29, 0.717) is 24.0 Å². The average molecular weight is 331 g/mol. The lowest BCUT2D eigenvalue weighted by Crippen LogP contribution is -2.28. The Hall–Kier alpha value is -0.620. The fraction of sp³-hybridized carbons (Fsp3) is 0.600. The number of halogens is 1. The van der Waals surface area contributed by atoms with Crippen LogP contribution >= 0.6 is 11.6 Å². The smallest absolute Gasteiger partial charge is 0.240 e. The van der Waals surface area contributed by atoms with Gasteiger partial charge >= 0.3 is 0 Å². The Kier molecular flexibility index (Phi) is 4.69. The predicted octanol–water partition coefficient (Wildman–Crippen LogP) is 2.69. The molecule has 1 atom stereocenters. The second kappa shape index (κ2) is 5.88. The van der Waals surface area contributed by atoms with E-state index in [4.69, 9.17) is 11.6 Å². The molecule has 21 heavy (non-hydrogen) atoms. The molecule has 1 fully saturated rings. The van der Waals surface area contributed by atoms with E-state index >= 15 is 0 Å². The van der Waals surface area contributed by atoms with Crippen LogP contribution in [0.2, 0.25) is 5.02 Å². The van der Waals surface area contributed by atoms with Crippen molar-refractivity contribution in [2.75, 3.05) is 13.6 Å². The molecular weight excluding hydrogens is 308 g/mol. The van der Waals surface area contributed by atoms with Gasteiger partial charge in [0.05, 0.1) is 4.90 Å². The van der Waals surface area contributed by atoms with Gasteiger partial charge in [-0.15, -0.1) is 0 Å². The molecule has 1 aliphatic carbocycles. The summed E-state index contributed by atoms with van der Waals surface area (Å²) in [6, 6.07) is 3.33. The maximum atomic E-state index is 12.5. The number of nitrogens with one attached hydrogen (secondary N) is 2. The van der Waals surface area contributed by atoms with Crippen LogP contribution in [0.4, 0.5) is 0 Å². The van der Waals surface area contributed by atoms with Crippen molar-refractivity contribution in [3.8, 4) is 0 Å². The molecule has 1 unspecified atom stereocenters. The molecule has 118 valence electrons. The molecule has 4 nitrogen and oxygen atoms in total. The van der Waals surface area contributed by atoms with E-state index in [1.807, 2.05) is 14.0 Å². The molecule has 0 spiro atoms. The van der Waals surface area contributed by atoms with Gasteiger partial charge in [-0.05, 0) is 55.0 Å². The number of rotatable bonds is 6. The van der Waals surface area contributed by atoms with Gasteiger partial charge in [-0.2, -0.15) is 0 Å². The lowest BCUT2D eigenvalue weighted by atomic mass is 10.1. The molecule has 0 bridgehead atoms. The summed E-state index contributed by atoms with van der Waals surface area (Å²) in [7, 11) is -1.70. The summed E-state index contributed by atoms with van der Waals surface area (Å²) >= 11 is 6.06. The molecule has 0 heterocycles. The highest BCUT2D eigenvalue weighted by Crippen LogP contribution is 2.51. The largest absolute Gasteiger partial charge is 0.316 e. The van der Waals surface area contributed by atoms with Crippen LogP contribution in [-0.2, 0) is 16.6 Å². The van der Waals surface area contributed by atoms with Crippen LogP contribution in [0.15, 0.2) is 17.0 Å². The first-order valence-corrected chi connectivity index (χ1v) is 8.97. The molecular formula is C15H23ClN2O2S. The molecule has 6 heteroatoms. The summed E-state index contributed by atoms with van der Waals surface area (Å²) < 4.78 is 27.8. The number of hydrogen-bond acceptors (Lipinski definition) is 3. The van der Waals surface area contributed by atoms with E-state index < -0.39 is 10.0 Å². The van der Waals surface area contributed by atoms with Crippen LogP contribution in [-0.4, -0.2) is 22.0 Å². The third-order valence-electron chi connectivity index (χ3n) is 4.33. The Balaban J connectivity index is 2.23. The van der Waals surface area contributed by atoms with Crippen molar-refractivity contribution in [3.05, 3.63) is 28.3 Å². The molecule has 1 aromatic rings. The SMILES string of the molecule is CNCc1cc(Cl)cc(S(=O)(=O)NCC2CC2(C)C)c1C. The first kappa shape index (κ1) is 16.7. The van der Waals surface area contributed by atoms with Gasteiger partial charge in [0.2, 0.25) is 10.0 Å². The topological polar surface area (TPSA) is 58.2 Å². The summed E-state index contributed by atoms with van der Waals surface area (Å²) in [6.07, 6.45) is 1.06. The standard InChI is InChI=1S/C15H23ClN2O2S/c1-10-11(8-17-4)5-13(16)6-14(10)21(19,20)18-9-12-7-15(12,2)3/h5-6,12,17-18H,7-9H2,1-4H3. The van der Waals surface area contributed by atoms with Gasteiger partial charge in [0, 0.05) is 18.1 Å². The molecule has 1 saturated carbocycles. The molecule has 0 radical (unpaired) electrons. The normalized spacial score (nSPS) is 20.5. The van der Waals surface area contributed by atoms with E-state index in [1.54, 1.807) is 6.07 Å². The summed E-state index contributed by atoms with van der Waals surface area (Å²) in [4.78, 5) is 0.277. The van der Waals surface area contributed by atoms with Crippen LogP contribution in [0.3, 0.4) is 0 Å². The van der Waals surface area contributed by atoms with Crippen LogP contribution in [0.25, 0.3) is 0 Å². The Bertz CT molecular complexity index is 641. The molecule has 0 saturated heterocycles. The second-order valence-corrected chi connectivity index (χ2v) is 8.63. The highest BCUT2D eigenvalue weighted by Gasteiger charge is 2.45. The van der Waals surface area contributed by atoms with Gasteiger partial charge in [-0.25, -0.2) is 13.1 Å². The average Bonchev–Trinajstić information content (AvgIpc) is 2.99. The molecule has 0 amide bonds. The van der Waals surface area contributed by atoms with Crippen LogP contribution in [0.5, 0.6) is 0 Å². The fourth-order valence-electron chi connectivity index (χ4n) is 2.57. The third kappa shape index (κ3) is 3.77. The second-order valence-electron chi connectivity index (χ2n) is 6.46. The van der Waals surface area contributed by atoms with Crippen molar-refractivity contribution >= 4 is 21.6 Å². The Morgan fingerprint density at radius 1 is 1.38 bits per heavy atom. The molecule has 0 aromatic heterocycles. The molecule has 2 rings (SSSR count). The number of hydrogen-bond donors (Lipinski definition) is 2. The Morgan fingerprint density at radius 3 is 2.52 bits per heavy atom. The van der Waals surface area contributed by atoms with Crippen molar-refractivity contribution in [3.63, 3.8) is 0 Å². The lowest BCUT2D eigenvalue weighted by molar-refractivity contribution is 0.537. The molecule has 2 N–H and O–H groups in total. The van der Waals surface area contributed by atoms with E-state index in [0.717, 1.165) is 17.5 Å². The van der Waals surface area contributed by atoms with Crippen molar-refractivity contribution in [1.82, 2.24) is 10.0 Å². The van der Waals surface area contributed by atoms with Gasteiger partial charge in [0.15, 0.2) is 0 Å².